The molecule has 3 aromatic rings. The van der Waals surface area contributed by atoms with Gasteiger partial charge in [0, 0.05) is 25.4 Å². The van der Waals surface area contributed by atoms with Crippen molar-refractivity contribution >= 4 is 21.6 Å². The van der Waals surface area contributed by atoms with E-state index >= 15 is 0 Å². The smallest absolute Gasteiger partial charge is 0.282 e. The van der Waals surface area contributed by atoms with Gasteiger partial charge in [0.1, 0.15) is 10.5 Å². The van der Waals surface area contributed by atoms with Gasteiger partial charge in [-0.2, -0.15) is 5.10 Å². The Labute approximate surface area is 153 Å². The molecule has 0 N–H and O–H groups in total. The number of halogens is 2. The molecular formula is C17H21F2N5OS. The topological polar surface area (TPSA) is 60.0 Å². The Morgan fingerprint density at radius 1 is 1.31 bits per heavy atom. The SMILES string of the molecule is CC1CCN(CCc2nnc(-c3cc4c(C(F)F)nn(C)c4s3)o2)CC1. The average molecular weight is 381 g/mol. The van der Waals surface area contributed by atoms with Crippen LogP contribution in [0.3, 0.4) is 0 Å². The van der Waals surface area contributed by atoms with E-state index in [1.54, 1.807) is 13.1 Å². The summed E-state index contributed by atoms with van der Waals surface area (Å²) >= 11 is 1.34. The Hall–Kier alpha value is -1.87. The third kappa shape index (κ3) is 3.37. The predicted molar refractivity (Wildman–Crippen MR) is 95.4 cm³/mol. The first-order valence-corrected chi connectivity index (χ1v) is 9.62. The summed E-state index contributed by atoms with van der Waals surface area (Å²) in [4.78, 5) is 3.79. The molecular weight excluding hydrogens is 360 g/mol. The molecule has 140 valence electrons. The minimum absolute atomic E-state index is 0.205. The number of alkyl halides is 2. The lowest BCUT2D eigenvalue weighted by atomic mass is 9.99. The molecule has 0 atom stereocenters. The van der Waals surface area contributed by atoms with E-state index in [9.17, 15) is 8.78 Å². The van der Waals surface area contributed by atoms with Gasteiger partial charge in [-0.25, -0.2) is 8.78 Å². The van der Waals surface area contributed by atoms with Crippen LogP contribution < -0.4 is 0 Å². The highest BCUT2D eigenvalue weighted by atomic mass is 32.1. The normalized spacial score (nSPS) is 17.0. The maximum atomic E-state index is 13.1. The first-order chi connectivity index (χ1) is 12.5. The van der Waals surface area contributed by atoms with E-state index in [4.69, 9.17) is 4.42 Å². The van der Waals surface area contributed by atoms with Crippen molar-refractivity contribution in [3.63, 3.8) is 0 Å². The molecule has 0 aliphatic carbocycles. The highest BCUT2D eigenvalue weighted by Gasteiger charge is 2.22. The van der Waals surface area contributed by atoms with Crippen LogP contribution in [-0.4, -0.2) is 44.5 Å². The van der Waals surface area contributed by atoms with Gasteiger partial charge in [-0.15, -0.1) is 21.5 Å². The number of fused-ring (bicyclic) bond motifs is 1. The average Bonchev–Trinajstić information content (AvgIpc) is 3.30. The minimum atomic E-state index is -2.60. The van der Waals surface area contributed by atoms with Crippen LogP contribution in [0.2, 0.25) is 0 Å². The summed E-state index contributed by atoms with van der Waals surface area (Å²) in [7, 11) is 1.66. The molecule has 4 heterocycles. The molecule has 9 heteroatoms. The number of hydrogen-bond donors (Lipinski definition) is 0. The quantitative estimate of drug-likeness (QED) is 0.671. The molecule has 4 rings (SSSR count). The Morgan fingerprint density at radius 3 is 2.81 bits per heavy atom. The molecule has 1 aliphatic heterocycles. The third-order valence-corrected chi connectivity index (χ3v) is 6.13. The van der Waals surface area contributed by atoms with Crippen LogP contribution in [0.5, 0.6) is 0 Å². The summed E-state index contributed by atoms with van der Waals surface area (Å²) in [5.41, 5.74) is -0.205. The van der Waals surface area contributed by atoms with Gasteiger partial charge in [0.25, 0.3) is 12.3 Å². The van der Waals surface area contributed by atoms with Gasteiger partial charge in [-0.1, -0.05) is 6.92 Å². The van der Waals surface area contributed by atoms with Crippen LogP contribution in [0, 0.1) is 5.92 Å². The fraction of sp³-hybridized carbons (Fsp3) is 0.588. The lowest BCUT2D eigenvalue weighted by Gasteiger charge is -2.29. The summed E-state index contributed by atoms with van der Waals surface area (Å²) in [5.74, 6) is 1.78. The van der Waals surface area contributed by atoms with Crippen LogP contribution in [0.4, 0.5) is 8.78 Å². The molecule has 0 spiro atoms. The number of nitrogens with zero attached hydrogens (tertiary/aromatic N) is 5. The predicted octanol–water partition coefficient (Wildman–Crippen LogP) is 3.90. The number of likely N-dealkylation sites (tertiary alicyclic amines) is 1. The molecule has 0 radical (unpaired) electrons. The Morgan fingerprint density at radius 2 is 2.08 bits per heavy atom. The van der Waals surface area contributed by atoms with Crippen LogP contribution in [0.25, 0.3) is 21.0 Å². The second-order valence-electron chi connectivity index (χ2n) is 6.91. The number of piperidine rings is 1. The van der Waals surface area contributed by atoms with Gasteiger partial charge < -0.3 is 9.32 Å². The van der Waals surface area contributed by atoms with Crippen molar-refractivity contribution in [1.29, 1.82) is 0 Å². The zero-order valence-electron chi connectivity index (χ0n) is 14.8. The van der Waals surface area contributed by atoms with Crippen molar-refractivity contribution in [3.05, 3.63) is 17.7 Å². The summed E-state index contributed by atoms with van der Waals surface area (Å²) in [6.07, 6.45) is 0.567. The first kappa shape index (κ1) is 17.5. The van der Waals surface area contributed by atoms with Gasteiger partial charge >= 0.3 is 0 Å². The lowest BCUT2D eigenvalue weighted by molar-refractivity contribution is 0.147. The highest BCUT2D eigenvalue weighted by Crippen LogP contribution is 2.37. The molecule has 3 aromatic heterocycles. The Kier molecular flexibility index (Phi) is 4.74. The fourth-order valence-electron chi connectivity index (χ4n) is 3.33. The van der Waals surface area contributed by atoms with Crippen molar-refractivity contribution in [3.8, 4) is 10.8 Å². The highest BCUT2D eigenvalue weighted by molar-refractivity contribution is 7.21. The molecule has 0 amide bonds. The number of hydrogen-bond acceptors (Lipinski definition) is 6. The molecule has 0 aromatic carbocycles. The van der Waals surface area contributed by atoms with Crippen LogP contribution in [-0.2, 0) is 13.5 Å². The van der Waals surface area contributed by atoms with Crippen LogP contribution in [0.1, 0.15) is 37.8 Å². The van der Waals surface area contributed by atoms with E-state index in [-0.39, 0.29) is 5.69 Å². The molecule has 1 fully saturated rings. The van der Waals surface area contributed by atoms with E-state index in [1.807, 2.05) is 0 Å². The minimum Gasteiger partial charge on any atom is -0.420 e. The van der Waals surface area contributed by atoms with Crippen molar-refractivity contribution in [2.45, 2.75) is 32.6 Å². The van der Waals surface area contributed by atoms with Gasteiger partial charge in [-0.3, -0.25) is 4.68 Å². The summed E-state index contributed by atoms with van der Waals surface area (Å²) < 4.78 is 33.4. The molecule has 0 bridgehead atoms. The zero-order valence-corrected chi connectivity index (χ0v) is 15.6. The summed E-state index contributed by atoms with van der Waals surface area (Å²) in [5, 5.41) is 12.5. The van der Waals surface area contributed by atoms with Crippen LogP contribution in [0.15, 0.2) is 10.5 Å². The maximum absolute atomic E-state index is 13.1. The molecule has 0 saturated carbocycles. The third-order valence-electron chi connectivity index (χ3n) is 4.94. The van der Waals surface area contributed by atoms with Crippen molar-refractivity contribution < 1.29 is 13.2 Å². The molecule has 26 heavy (non-hydrogen) atoms. The van der Waals surface area contributed by atoms with Crippen molar-refractivity contribution in [1.82, 2.24) is 24.9 Å². The second-order valence-corrected chi connectivity index (χ2v) is 7.94. The van der Waals surface area contributed by atoms with Gasteiger partial charge in [0.15, 0.2) is 0 Å². The number of aryl methyl sites for hydroxylation is 1. The standard InChI is InChI=1S/C17H21F2N5OS/c1-10-3-6-24(7-4-10)8-5-13-20-21-16(25-13)12-9-11-14(15(18)19)22-23(2)17(11)26-12/h9-10,15H,3-8H2,1-2H3. The second kappa shape index (κ2) is 7.03. The van der Waals surface area contributed by atoms with E-state index in [1.165, 1.54) is 28.9 Å². The van der Waals surface area contributed by atoms with E-state index in [2.05, 4.69) is 27.1 Å². The lowest BCUT2D eigenvalue weighted by Crippen LogP contribution is -2.34. The van der Waals surface area contributed by atoms with Gasteiger partial charge in [0.2, 0.25) is 5.89 Å². The summed E-state index contributed by atoms with van der Waals surface area (Å²) in [6.45, 7) is 5.42. The van der Waals surface area contributed by atoms with Crippen LogP contribution >= 0.6 is 11.3 Å². The molecule has 1 aliphatic rings. The van der Waals surface area contributed by atoms with Gasteiger partial charge in [-0.05, 0) is 37.9 Å². The van der Waals surface area contributed by atoms with E-state index in [0.717, 1.165) is 25.6 Å². The molecule has 6 nitrogen and oxygen atoms in total. The number of rotatable bonds is 5. The fourth-order valence-corrected chi connectivity index (χ4v) is 4.33. The van der Waals surface area contributed by atoms with Gasteiger partial charge in [0.05, 0.1) is 4.88 Å². The zero-order chi connectivity index (χ0) is 18.3. The molecule has 1 saturated heterocycles. The number of thiophene rings is 1. The summed E-state index contributed by atoms with van der Waals surface area (Å²) in [6, 6.07) is 1.66. The first-order valence-electron chi connectivity index (χ1n) is 8.81. The van der Waals surface area contributed by atoms with E-state index in [0.29, 0.717) is 33.3 Å². The largest absolute Gasteiger partial charge is 0.420 e. The Bertz CT molecular complexity index is 894. The van der Waals surface area contributed by atoms with Crippen molar-refractivity contribution in [2.24, 2.45) is 13.0 Å². The Balaban J connectivity index is 1.47. The number of aromatic nitrogens is 4. The molecule has 0 unspecified atom stereocenters. The van der Waals surface area contributed by atoms with Crippen molar-refractivity contribution in [2.75, 3.05) is 19.6 Å². The van der Waals surface area contributed by atoms with E-state index < -0.39 is 6.43 Å². The monoisotopic (exact) mass is 381 g/mol. The maximum Gasteiger partial charge on any atom is 0.282 e.